The molecule has 1 aromatic carbocycles. The minimum atomic E-state index is 0.232. The van der Waals surface area contributed by atoms with Crippen LogP contribution in [-0.2, 0) is 11.3 Å². The summed E-state index contributed by atoms with van der Waals surface area (Å²) >= 11 is 0. The minimum Gasteiger partial charge on any atom is -0.342 e. The monoisotopic (exact) mass is 326 g/mol. The number of fused-ring (bicyclic) bond motifs is 1. The van der Waals surface area contributed by atoms with Crippen molar-refractivity contribution in [2.45, 2.75) is 38.6 Å². The first-order chi connectivity index (χ1) is 11.8. The number of hydrogen-bond donors (Lipinski definition) is 1. The van der Waals surface area contributed by atoms with Gasteiger partial charge in [-0.2, -0.15) is 0 Å². The first kappa shape index (κ1) is 15.6. The van der Waals surface area contributed by atoms with Gasteiger partial charge in [-0.05, 0) is 57.3 Å². The number of aromatic nitrogens is 2. The van der Waals surface area contributed by atoms with Crippen LogP contribution < -0.4 is 0 Å². The van der Waals surface area contributed by atoms with E-state index in [4.69, 9.17) is 0 Å². The highest BCUT2D eigenvalue weighted by molar-refractivity contribution is 5.79. The van der Waals surface area contributed by atoms with Gasteiger partial charge in [0, 0.05) is 19.0 Å². The number of carbonyl (C=O) groups is 1. The molecule has 3 heterocycles. The summed E-state index contributed by atoms with van der Waals surface area (Å²) in [6.45, 7) is 4.76. The number of nitrogens with zero attached hydrogens (tertiary/aromatic N) is 3. The van der Waals surface area contributed by atoms with Crippen LogP contribution in [0.2, 0.25) is 0 Å². The molecular weight excluding hydrogens is 300 g/mol. The van der Waals surface area contributed by atoms with Crippen molar-refractivity contribution in [3.63, 3.8) is 0 Å². The number of aromatic amines is 1. The highest BCUT2D eigenvalue weighted by Crippen LogP contribution is 2.23. The average Bonchev–Trinajstić information content (AvgIpc) is 3.05. The van der Waals surface area contributed by atoms with Crippen molar-refractivity contribution in [1.29, 1.82) is 0 Å². The second-order valence-electron chi connectivity index (χ2n) is 7.14. The summed E-state index contributed by atoms with van der Waals surface area (Å²) in [5.41, 5.74) is 2.13. The van der Waals surface area contributed by atoms with E-state index < -0.39 is 0 Å². The van der Waals surface area contributed by atoms with E-state index in [2.05, 4.69) is 25.8 Å². The Morgan fingerprint density at radius 1 is 1.08 bits per heavy atom. The fourth-order valence-electron chi connectivity index (χ4n) is 4.00. The summed E-state index contributed by atoms with van der Waals surface area (Å²) in [6.07, 6.45) is 5.60. The van der Waals surface area contributed by atoms with Crippen LogP contribution in [0.3, 0.4) is 0 Å². The van der Waals surface area contributed by atoms with Gasteiger partial charge in [-0.3, -0.25) is 9.69 Å². The van der Waals surface area contributed by atoms with E-state index in [-0.39, 0.29) is 5.92 Å². The molecule has 5 heteroatoms. The third-order valence-electron chi connectivity index (χ3n) is 5.42. The van der Waals surface area contributed by atoms with Gasteiger partial charge in [-0.25, -0.2) is 4.98 Å². The van der Waals surface area contributed by atoms with Crippen LogP contribution in [0, 0.1) is 5.92 Å². The maximum atomic E-state index is 12.6. The lowest BCUT2D eigenvalue weighted by atomic mass is 9.94. The zero-order valence-electron chi connectivity index (χ0n) is 14.2. The van der Waals surface area contributed by atoms with Gasteiger partial charge in [0.05, 0.1) is 17.6 Å². The number of piperidine rings is 2. The van der Waals surface area contributed by atoms with Crippen molar-refractivity contribution < 1.29 is 4.79 Å². The lowest BCUT2D eigenvalue weighted by molar-refractivity contribution is -0.138. The Kier molecular flexibility index (Phi) is 4.52. The predicted octanol–water partition coefficient (Wildman–Crippen LogP) is 2.79. The molecule has 0 radical (unpaired) electrons. The third kappa shape index (κ3) is 3.31. The van der Waals surface area contributed by atoms with Gasteiger partial charge in [-0.15, -0.1) is 0 Å². The Bertz CT molecular complexity index is 663. The maximum absolute atomic E-state index is 12.6. The first-order valence-electron chi connectivity index (χ1n) is 9.24. The molecule has 0 spiro atoms. The fourth-order valence-corrected chi connectivity index (χ4v) is 4.00. The molecule has 0 aliphatic carbocycles. The van der Waals surface area contributed by atoms with Gasteiger partial charge < -0.3 is 9.88 Å². The standard InChI is InChI=1S/C19H26N4O/c24-19(23-10-4-1-5-11-23)15-8-12-22(13-9-15)14-18-20-16-6-2-3-7-17(16)21-18/h2-3,6-7,15H,1,4-5,8-14H2,(H,20,21). The van der Waals surface area contributed by atoms with Gasteiger partial charge in [0.15, 0.2) is 0 Å². The van der Waals surface area contributed by atoms with Crippen LogP contribution >= 0.6 is 0 Å². The molecule has 5 nitrogen and oxygen atoms in total. The van der Waals surface area contributed by atoms with Crippen molar-refractivity contribution in [2.24, 2.45) is 5.92 Å². The summed E-state index contributed by atoms with van der Waals surface area (Å²) in [6, 6.07) is 8.15. The molecule has 0 saturated carbocycles. The summed E-state index contributed by atoms with van der Waals surface area (Å²) in [4.78, 5) is 25.2. The summed E-state index contributed by atoms with van der Waals surface area (Å²) < 4.78 is 0. The number of hydrogen-bond acceptors (Lipinski definition) is 3. The Morgan fingerprint density at radius 2 is 1.83 bits per heavy atom. The van der Waals surface area contributed by atoms with E-state index >= 15 is 0 Å². The van der Waals surface area contributed by atoms with Crippen LogP contribution in [-0.4, -0.2) is 51.9 Å². The van der Waals surface area contributed by atoms with E-state index in [1.807, 2.05) is 18.2 Å². The Morgan fingerprint density at radius 3 is 2.58 bits per heavy atom. The molecule has 1 amide bonds. The molecule has 1 aromatic heterocycles. The van der Waals surface area contributed by atoms with Crippen LogP contribution in [0.1, 0.15) is 37.9 Å². The number of likely N-dealkylation sites (tertiary alicyclic amines) is 2. The van der Waals surface area contributed by atoms with Gasteiger partial charge >= 0.3 is 0 Å². The number of carbonyl (C=O) groups excluding carboxylic acids is 1. The van der Waals surface area contributed by atoms with Crippen molar-refractivity contribution in [3.8, 4) is 0 Å². The Labute approximate surface area is 143 Å². The number of rotatable bonds is 3. The largest absolute Gasteiger partial charge is 0.342 e. The number of H-pyrrole nitrogens is 1. The molecule has 0 bridgehead atoms. The number of amides is 1. The zero-order chi connectivity index (χ0) is 16.4. The highest BCUT2D eigenvalue weighted by Gasteiger charge is 2.29. The van der Waals surface area contributed by atoms with Gasteiger partial charge in [0.25, 0.3) is 0 Å². The number of imidazole rings is 1. The molecule has 1 N–H and O–H groups in total. The number of para-hydroxylation sites is 2. The molecule has 24 heavy (non-hydrogen) atoms. The second-order valence-corrected chi connectivity index (χ2v) is 7.14. The van der Waals surface area contributed by atoms with E-state index in [9.17, 15) is 4.79 Å². The Hall–Kier alpha value is -1.88. The fraction of sp³-hybridized carbons (Fsp3) is 0.579. The smallest absolute Gasteiger partial charge is 0.225 e. The highest BCUT2D eigenvalue weighted by atomic mass is 16.2. The van der Waals surface area contributed by atoms with Gasteiger partial charge in [0.1, 0.15) is 5.82 Å². The summed E-state index contributed by atoms with van der Waals surface area (Å²) in [5, 5.41) is 0. The van der Waals surface area contributed by atoms with Crippen molar-refractivity contribution in [2.75, 3.05) is 26.2 Å². The molecule has 2 aliphatic rings. The van der Waals surface area contributed by atoms with Crippen LogP contribution in [0.15, 0.2) is 24.3 Å². The quantitative estimate of drug-likeness (QED) is 0.943. The number of benzene rings is 1. The molecule has 0 unspecified atom stereocenters. The predicted molar refractivity (Wildman–Crippen MR) is 94.5 cm³/mol. The van der Waals surface area contributed by atoms with E-state index in [1.54, 1.807) is 0 Å². The normalized spacial score (nSPS) is 20.6. The van der Waals surface area contributed by atoms with Crippen molar-refractivity contribution >= 4 is 16.9 Å². The zero-order valence-corrected chi connectivity index (χ0v) is 14.2. The van der Waals surface area contributed by atoms with E-state index in [0.717, 1.165) is 62.4 Å². The van der Waals surface area contributed by atoms with Gasteiger partial charge in [0.2, 0.25) is 5.91 Å². The van der Waals surface area contributed by atoms with Crippen LogP contribution in [0.25, 0.3) is 11.0 Å². The molecule has 2 fully saturated rings. The maximum Gasteiger partial charge on any atom is 0.225 e. The summed E-state index contributed by atoms with van der Waals surface area (Å²) in [7, 11) is 0. The molecule has 2 aromatic rings. The minimum absolute atomic E-state index is 0.232. The van der Waals surface area contributed by atoms with Crippen LogP contribution in [0.4, 0.5) is 0 Å². The molecule has 2 aliphatic heterocycles. The second kappa shape index (κ2) is 6.93. The lowest BCUT2D eigenvalue weighted by Crippen LogP contribution is -2.44. The lowest BCUT2D eigenvalue weighted by Gasteiger charge is -2.35. The molecule has 128 valence electrons. The topological polar surface area (TPSA) is 52.2 Å². The van der Waals surface area contributed by atoms with Crippen molar-refractivity contribution in [1.82, 2.24) is 19.8 Å². The van der Waals surface area contributed by atoms with E-state index in [0.29, 0.717) is 5.91 Å². The van der Waals surface area contributed by atoms with Gasteiger partial charge in [-0.1, -0.05) is 12.1 Å². The SMILES string of the molecule is O=C(C1CCN(Cc2nc3ccccc3[nH]2)CC1)N1CCCCC1. The van der Waals surface area contributed by atoms with E-state index in [1.165, 1.54) is 19.3 Å². The average molecular weight is 326 g/mol. The number of nitrogens with one attached hydrogen (secondary N) is 1. The molecular formula is C19H26N4O. The first-order valence-corrected chi connectivity index (χ1v) is 9.24. The van der Waals surface area contributed by atoms with Crippen molar-refractivity contribution in [3.05, 3.63) is 30.1 Å². The summed E-state index contributed by atoms with van der Waals surface area (Å²) in [5.74, 6) is 1.66. The molecule has 2 saturated heterocycles. The molecule has 4 rings (SSSR count). The third-order valence-corrected chi connectivity index (χ3v) is 5.42. The Balaban J connectivity index is 1.31. The van der Waals surface area contributed by atoms with Crippen LogP contribution in [0.5, 0.6) is 0 Å². The molecule has 0 atom stereocenters.